The molecule has 0 spiro atoms. The van der Waals surface area contributed by atoms with Crippen molar-refractivity contribution < 1.29 is 9.47 Å². The van der Waals surface area contributed by atoms with E-state index in [-0.39, 0.29) is 0 Å². The van der Waals surface area contributed by atoms with Crippen LogP contribution >= 0.6 is 11.3 Å². The van der Waals surface area contributed by atoms with Crippen LogP contribution in [-0.2, 0) is 9.47 Å². The fraction of sp³-hybridized carbons (Fsp3) is 0.538. The maximum absolute atomic E-state index is 5.48. The largest absolute Gasteiger partial charge is 0.383 e. The number of nitrogens with two attached hydrogens (primary N) is 1. The smallest absolute Gasteiger partial charge is 0.240 e. The molecule has 2 rings (SSSR count). The number of aromatic nitrogens is 2. The SMILES string of the molecule is COCCN(CCOC)c1nc(NN)nc2sc(C)cc12. The van der Waals surface area contributed by atoms with Crippen LogP contribution in [0.3, 0.4) is 0 Å². The van der Waals surface area contributed by atoms with Crippen molar-refractivity contribution in [3.05, 3.63) is 10.9 Å². The van der Waals surface area contributed by atoms with Crippen LogP contribution in [0.1, 0.15) is 4.88 Å². The first-order chi connectivity index (χ1) is 10.2. The maximum atomic E-state index is 5.48. The van der Waals surface area contributed by atoms with E-state index in [4.69, 9.17) is 15.3 Å². The minimum atomic E-state index is 0.416. The fourth-order valence-electron chi connectivity index (χ4n) is 2.06. The summed E-state index contributed by atoms with van der Waals surface area (Å²) in [5.41, 5.74) is 2.53. The van der Waals surface area contributed by atoms with Gasteiger partial charge in [-0.2, -0.15) is 4.98 Å². The Kier molecular flexibility index (Phi) is 5.68. The van der Waals surface area contributed by atoms with Gasteiger partial charge in [-0.3, -0.25) is 5.43 Å². The molecule has 0 unspecified atom stereocenters. The van der Waals surface area contributed by atoms with Crippen molar-refractivity contribution in [3.8, 4) is 0 Å². The molecule has 21 heavy (non-hydrogen) atoms. The number of methoxy groups -OCH3 is 2. The molecule has 0 radical (unpaired) electrons. The summed E-state index contributed by atoms with van der Waals surface area (Å²) >= 11 is 1.63. The van der Waals surface area contributed by atoms with Crippen molar-refractivity contribution in [1.29, 1.82) is 0 Å². The summed E-state index contributed by atoms with van der Waals surface area (Å²) in [6, 6.07) is 2.10. The minimum absolute atomic E-state index is 0.416. The number of anilines is 2. The molecule has 0 aliphatic rings. The Hall–Kier alpha value is -1.48. The second-order valence-corrected chi connectivity index (χ2v) is 5.80. The predicted molar refractivity (Wildman–Crippen MR) is 85.9 cm³/mol. The van der Waals surface area contributed by atoms with Crippen LogP contribution in [-0.4, -0.2) is 50.5 Å². The normalized spacial score (nSPS) is 11.0. The summed E-state index contributed by atoms with van der Waals surface area (Å²) in [6.07, 6.45) is 0. The number of ether oxygens (including phenoxy) is 2. The summed E-state index contributed by atoms with van der Waals surface area (Å²) in [6.45, 7) is 4.74. The van der Waals surface area contributed by atoms with Gasteiger partial charge in [0, 0.05) is 32.2 Å². The zero-order chi connectivity index (χ0) is 15.2. The Morgan fingerprint density at radius 1 is 1.24 bits per heavy atom. The Bertz CT molecular complexity index is 581. The van der Waals surface area contributed by atoms with E-state index in [0.717, 1.165) is 29.1 Å². The summed E-state index contributed by atoms with van der Waals surface area (Å²) in [7, 11) is 3.37. The summed E-state index contributed by atoms with van der Waals surface area (Å²) < 4.78 is 10.4. The molecule has 0 aliphatic heterocycles. The number of rotatable bonds is 8. The third-order valence-corrected chi connectivity index (χ3v) is 4.00. The topological polar surface area (TPSA) is 85.5 Å². The van der Waals surface area contributed by atoms with E-state index in [1.807, 2.05) is 0 Å². The molecule has 0 atom stereocenters. The highest BCUT2D eigenvalue weighted by Crippen LogP contribution is 2.31. The molecule has 0 saturated carbocycles. The molecule has 0 amide bonds. The number of hydrogen-bond acceptors (Lipinski definition) is 8. The molecular weight excluding hydrogens is 290 g/mol. The Balaban J connectivity index is 2.42. The zero-order valence-electron chi connectivity index (χ0n) is 12.5. The van der Waals surface area contributed by atoms with Gasteiger partial charge in [-0.05, 0) is 13.0 Å². The molecule has 0 fully saturated rings. The van der Waals surface area contributed by atoms with Crippen LogP contribution in [0.2, 0.25) is 0 Å². The number of nitrogens with zero attached hydrogens (tertiary/aromatic N) is 3. The van der Waals surface area contributed by atoms with Gasteiger partial charge in [0.25, 0.3) is 0 Å². The first-order valence-electron chi connectivity index (χ1n) is 6.67. The molecule has 0 aliphatic carbocycles. The van der Waals surface area contributed by atoms with E-state index < -0.39 is 0 Å². The number of thiophene rings is 1. The van der Waals surface area contributed by atoms with Crippen LogP contribution in [0.15, 0.2) is 6.07 Å². The van der Waals surface area contributed by atoms with Crippen LogP contribution in [0.4, 0.5) is 11.8 Å². The summed E-state index contributed by atoms with van der Waals surface area (Å²) in [5, 5.41) is 1.03. The van der Waals surface area contributed by atoms with Gasteiger partial charge in [0.2, 0.25) is 5.95 Å². The molecule has 7 nitrogen and oxygen atoms in total. The highest BCUT2D eigenvalue weighted by Gasteiger charge is 2.16. The first kappa shape index (κ1) is 15.9. The van der Waals surface area contributed by atoms with Gasteiger partial charge in [-0.15, -0.1) is 11.3 Å². The third-order valence-electron chi connectivity index (χ3n) is 3.06. The zero-order valence-corrected chi connectivity index (χ0v) is 13.4. The molecule has 8 heteroatoms. The van der Waals surface area contributed by atoms with E-state index >= 15 is 0 Å². The van der Waals surface area contributed by atoms with Crippen molar-refractivity contribution >= 4 is 33.3 Å². The monoisotopic (exact) mass is 311 g/mol. The number of hydrogen-bond donors (Lipinski definition) is 2. The van der Waals surface area contributed by atoms with Gasteiger partial charge in [-0.1, -0.05) is 0 Å². The lowest BCUT2D eigenvalue weighted by molar-refractivity contribution is 0.190. The lowest BCUT2D eigenvalue weighted by atomic mass is 10.3. The van der Waals surface area contributed by atoms with Crippen molar-refractivity contribution in [2.45, 2.75) is 6.92 Å². The minimum Gasteiger partial charge on any atom is -0.383 e. The molecule has 2 heterocycles. The fourth-order valence-corrected chi connectivity index (χ4v) is 2.93. The molecule has 116 valence electrons. The highest BCUT2D eigenvalue weighted by atomic mass is 32.1. The highest BCUT2D eigenvalue weighted by molar-refractivity contribution is 7.18. The number of fused-ring (bicyclic) bond motifs is 1. The molecule has 3 N–H and O–H groups in total. The lowest BCUT2D eigenvalue weighted by Crippen LogP contribution is -2.32. The predicted octanol–water partition coefficient (Wildman–Crippen LogP) is 1.38. The van der Waals surface area contributed by atoms with Gasteiger partial charge in [-0.25, -0.2) is 10.8 Å². The molecule has 2 aromatic heterocycles. The Morgan fingerprint density at radius 3 is 2.48 bits per heavy atom. The van der Waals surface area contributed by atoms with Crippen molar-refractivity contribution in [1.82, 2.24) is 9.97 Å². The van der Waals surface area contributed by atoms with E-state index in [1.54, 1.807) is 25.6 Å². The number of hydrazine groups is 1. The van der Waals surface area contributed by atoms with E-state index in [2.05, 4.69) is 33.3 Å². The second kappa shape index (κ2) is 7.51. The van der Waals surface area contributed by atoms with Crippen LogP contribution < -0.4 is 16.2 Å². The quantitative estimate of drug-likeness (QED) is 0.563. The van der Waals surface area contributed by atoms with Gasteiger partial charge >= 0.3 is 0 Å². The maximum Gasteiger partial charge on any atom is 0.240 e. The molecule has 0 aromatic carbocycles. The molecule has 2 aromatic rings. The number of aryl methyl sites for hydroxylation is 1. The van der Waals surface area contributed by atoms with Gasteiger partial charge in [0.05, 0.1) is 18.6 Å². The first-order valence-corrected chi connectivity index (χ1v) is 7.49. The van der Waals surface area contributed by atoms with Crippen LogP contribution in [0, 0.1) is 6.92 Å². The Morgan fingerprint density at radius 2 is 1.90 bits per heavy atom. The van der Waals surface area contributed by atoms with Crippen molar-refractivity contribution in [3.63, 3.8) is 0 Å². The third kappa shape index (κ3) is 3.79. The number of nitrogens with one attached hydrogen (secondary N) is 1. The Labute approximate surface area is 128 Å². The summed E-state index contributed by atoms with van der Waals surface area (Å²) in [5.74, 6) is 6.75. The van der Waals surface area contributed by atoms with Gasteiger partial charge in [0.15, 0.2) is 0 Å². The standard InChI is InChI=1S/C13H21N5O2S/c1-9-8-10-11(15-13(17-14)16-12(10)21-9)18(4-6-19-2)5-7-20-3/h8H,4-7,14H2,1-3H3,(H,15,16,17). The van der Waals surface area contributed by atoms with Crippen LogP contribution in [0.5, 0.6) is 0 Å². The van der Waals surface area contributed by atoms with E-state index in [1.165, 1.54) is 4.88 Å². The van der Waals surface area contributed by atoms with Crippen LogP contribution in [0.25, 0.3) is 10.2 Å². The number of nitrogen functional groups attached to an aromatic ring is 1. The van der Waals surface area contributed by atoms with E-state index in [0.29, 0.717) is 19.2 Å². The summed E-state index contributed by atoms with van der Waals surface area (Å²) in [4.78, 5) is 13.2. The van der Waals surface area contributed by atoms with E-state index in [9.17, 15) is 0 Å². The average molecular weight is 311 g/mol. The average Bonchev–Trinajstić information content (AvgIpc) is 2.86. The molecular formula is C13H21N5O2S. The van der Waals surface area contributed by atoms with Gasteiger partial charge in [0.1, 0.15) is 10.6 Å². The second-order valence-electron chi connectivity index (χ2n) is 4.56. The molecule has 0 saturated heterocycles. The molecule has 0 bridgehead atoms. The van der Waals surface area contributed by atoms with Gasteiger partial charge < -0.3 is 14.4 Å². The lowest BCUT2D eigenvalue weighted by Gasteiger charge is -2.24. The van der Waals surface area contributed by atoms with Crippen molar-refractivity contribution in [2.24, 2.45) is 5.84 Å². The van der Waals surface area contributed by atoms with Crippen molar-refractivity contribution in [2.75, 3.05) is 50.8 Å².